The zero-order valence-corrected chi connectivity index (χ0v) is 24.1. The summed E-state index contributed by atoms with van der Waals surface area (Å²) in [6, 6.07) is 34.4. The normalized spacial score (nSPS) is 14.4. The fourth-order valence-corrected chi connectivity index (χ4v) is 7.05. The van der Waals surface area contributed by atoms with Crippen LogP contribution in [0.1, 0.15) is 43.8 Å². The molecule has 1 fully saturated rings. The molecule has 0 aliphatic carbocycles. The van der Waals surface area contributed by atoms with Crippen LogP contribution in [-0.4, -0.2) is 22.3 Å². The van der Waals surface area contributed by atoms with Crippen LogP contribution in [0.15, 0.2) is 102 Å². The maximum atomic E-state index is 6.83. The monoisotopic (exact) mass is 571 g/mol. The third-order valence-corrected chi connectivity index (χ3v) is 9.15. The van der Waals surface area contributed by atoms with Crippen molar-refractivity contribution < 1.29 is 13.9 Å². The first kappa shape index (κ1) is 26.1. The Morgan fingerprint density at radius 2 is 1.43 bits per heavy atom. The molecule has 1 saturated heterocycles. The Bertz CT molecular complexity index is 1290. The van der Waals surface area contributed by atoms with Crippen LogP contribution in [0.3, 0.4) is 0 Å². The Balaban J connectivity index is 1.53. The summed E-state index contributed by atoms with van der Waals surface area (Å²) in [6.45, 7) is 8.52. The number of halogens is 1. The third-order valence-electron chi connectivity index (χ3n) is 6.54. The molecular formula is C32H32BrO3Si. The van der Waals surface area contributed by atoms with E-state index in [2.05, 4.69) is 134 Å². The Morgan fingerprint density at radius 1 is 0.811 bits per heavy atom. The van der Waals surface area contributed by atoms with Crippen LogP contribution >= 0.6 is 15.9 Å². The van der Waals surface area contributed by atoms with Gasteiger partial charge in [0, 0.05) is 10.0 Å². The fourth-order valence-electron chi connectivity index (χ4n) is 4.58. The molecule has 4 aromatic carbocycles. The molecule has 1 aliphatic heterocycles. The van der Waals surface area contributed by atoms with Crippen LogP contribution in [0, 0.1) is 0 Å². The molecule has 1 radical (unpaired) electrons. The fraction of sp³-hybridized carbons (Fsp3) is 0.250. The number of benzene rings is 4. The molecule has 5 rings (SSSR count). The van der Waals surface area contributed by atoms with Gasteiger partial charge in [-0.05, 0) is 56.2 Å². The summed E-state index contributed by atoms with van der Waals surface area (Å²) in [4.78, 5) is 0. The summed E-state index contributed by atoms with van der Waals surface area (Å²) in [5, 5.41) is 2.49. The molecule has 0 atom stereocenters. The quantitative estimate of drug-likeness (QED) is 0.229. The second-order valence-electron chi connectivity index (χ2n) is 10.3. The molecule has 0 bridgehead atoms. The van der Waals surface area contributed by atoms with E-state index in [0.717, 1.165) is 21.2 Å². The van der Waals surface area contributed by atoms with Gasteiger partial charge in [-0.15, -0.1) is 0 Å². The first-order chi connectivity index (χ1) is 17.9. The standard InChI is InChI=1S/C32H32BrO3Si/c1-32(2,3)26-14-15-30(23-18-24(21-27(33)20-23)31-34-16-17-35-31)25(19-26)22-36-37(28-10-6-4-7-11-28)29-12-8-5-9-13-29/h4-15,18-21,31H,16-17,22H2,1-3H3. The van der Waals surface area contributed by atoms with E-state index in [0.29, 0.717) is 19.8 Å². The van der Waals surface area contributed by atoms with E-state index in [1.54, 1.807) is 0 Å². The van der Waals surface area contributed by atoms with Crippen molar-refractivity contribution in [3.8, 4) is 11.1 Å². The number of hydrogen-bond acceptors (Lipinski definition) is 3. The van der Waals surface area contributed by atoms with Gasteiger partial charge in [0.1, 0.15) is 0 Å². The van der Waals surface area contributed by atoms with Crippen molar-refractivity contribution in [2.45, 2.75) is 39.1 Å². The number of hydrogen-bond donors (Lipinski definition) is 0. The molecule has 0 amide bonds. The minimum absolute atomic E-state index is 0.0356. The van der Waals surface area contributed by atoms with Crippen LogP contribution < -0.4 is 10.4 Å². The van der Waals surface area contributed by atoms with Crippen LogP contribution in [0.2, 0.25) is 0 Å². The molecule has 0 N–H and O–H groups in total. The van der Waals surface area contributed by atoms with Crippen molar-refractivity contribution in [3.05, 3.63) is 118 Å². The van der Waals surface area contributed by atoms with Gasteiger partial charge in [-0.25, -0.2) is 0 Å². The molecule has 3 nitrogen and oxygen atoms in total. The van der Waals surface area contributed by atoms with E-state index in [1.165, 1.54) is 21.5 Å². The van der Waals surface area contributed by atoms with Gasteiger partial charge in [0.2, 0.25) is 0 Å². The predicted molar refractivity (Wildman–Crippen MR) is 156 cm³/mol. The van der Waals surface area contributed by atoms with Crippen molar-refractivity contribution in [1.82, 2.24) is 0 Å². The largest absolute Gasteiger partial charge is 0.403 e. The smallest absolute Gasteiger partial charge is 0.283 e. The third kappa shape index (κ3) is 6.31. The van der Waals surface area contributed by atoms with E-state index in [1.807, 2.05) is 0 Å². The van der Waals surface area contributed by atoms with Crippen LogP contribution in [0.25, 0.3) is 11.1 Å². The maximum absolute atomic E-state index is 6.83. The predicted octanol–water partition coefficient (Wildman–Crippen LogP) is 6.78. The van der Waals surface area contributed by atoms with Gasteiger partial charge in [-0.1, -0.05) is 116 Å². The van der Waals surface area contributed by atoms with Gasteiger partial charge in [0.25, 0.3) is 9.04 Å². The summed E-state index contributed by atoms with van der Waals surface area (Å²) < 4.78 is 19.4. The van der Waals surface area contributed by atoms with Crippen molar-refractivity contribution >= 4 is 35.3 Å². The average molecular weight is 573 g/mol. The van der Waals surface area contributed by atoms with Crippen LogP contribution in [-0.2, 0) is 25.9 Å². The minimum atomic E-state index is -1.42. The molecule has 0 unspecified atom stereocenters. The lowest BCUT2D eigenvalue weighted by Gasteiger charge is -2.23. The van der Waals surface area contributed by atoms with Gasteiger partial charge >= 0.3 is 0 Å². The van der Waals surface area contributed by atoms with Gasteiger partial charge < -0.3 is 13.9 Å². The summed E-state index contributed by atoms with van der Waals surface area (Å²) in [6.07, 6.45) is -0.323. The molecular weight excluding hydrogens is 540 g/mol. The van der Waals surface area contributed by atoms with E-state index < -0.39 is 9.04 Å². The second-order valence-corrected chi connectivity index (χ2v) is 13.3. The van der Waals surface area contributed by atoms with E-state index >= 15 is 0 Å². The molecule has 189 valence electrons. The first-order valence-corrected chi connectivity index (χ1v) is 14.9. The molecule has 1 aliphatic rings. The average Bonchev–Trinajstić information content (AvgIpc) is 3.44. The Kier molecular flexibility index (Phi) is 8.08. The number of rotatable bonds is 7. The lowest BCUT2D eigenvalue weighted by molar-refractivity contribution is -0.0441. The SMILES string of the molecule is CC(C)(C)c1ccc(-c2cc(Br)cc(C3OCCO3)c2)c(CO[Si](c2ccccc2)c2ccccc2)c1. The highest BCUT2D eigenvalue weighted by Gasteiger charge is 2.23. The zero-order chi connectivity index (χ0) is 25.8. The molecule has 0 aromatic heterocycles. The lowest BCUT2D eigenvalue weighted by Crippen LogP contribution is -2.44. The Morgan fingerprint density at radius 3 is 2.03 bits per heavy atom. The molecule has 37 heavy (non-hydrogen) atoms. The Labute approximate surface area is 230 Å². The van der Waals surface area contributed by atoms with Crippen LogP contribution in [0.5, 0.6) is 0 Å². The van der Waals surface area contributed by atoms with Crippen molar-refractivity contribution in [1.29, 1.82) is 0 Å². The summed E-state index contributed by atoms with van der Waals surface area (Å²) in [5.41, 5.74) is 5.81. The molecule has 5 heteroatoms. The van der Waals surface area contributed by atoms with Gasteiger partial charge in [0.15, 0.2) is 6.29 Å². The van der Waals surface area contributed by atoms with Gasteiger partial charge in [-0.2, -0.15) is 0 Å². The number of ether oxygens (including phenoxy) is 2. The van der Waals surface area contributed by atoms with Crippen molar-refractivity contribution in [2.24, 2.45) is 0 Å². The lowest BCUT2D eigenvalue weighted by atomic mass is 9.84. The first-order valence-electron chi connectivity index (χ1n) is 12.7. The highest BCUT2D eigenvalue weighted by atomic mass is 79.9. The maximum Gasteiger partial charge on any atom is 0.283 e. The molecule has 0 saturated carbocycles. The van der Waals surface area contributed by atoms with E-state index in [4.69, 9.17) is 13.9 Å². The van der Waals surface area contributed by atoms with Crippen molar-refractivity contribution in [3.63, 3.8) is 0 Å². The topological polar surface area (TPSA) is 27.7 Å². The van der Waals surface area contributed by atoms with E-state index in [-0.39, 0.29) is 11.7 Å². The highest BCUT2D eigenvalue weighted by Crippen LogP contribution is 2.35. The van der Waals surface area contributed by atoms with E-state index in [9.17, 15) is 0 Å². The van der Waals surface area contributed by atoms with Gasteiger partial charge in [-0.3, -0.25) is 0 Å². The highest BCUT2D eigenvalue weighted by molar-refractivity contribution is 9.10. The summed E-state index contributed by atoms with van der Waals surface area (Å²) >= 11 is 3.71. The summed E-state index contributed by atoms with van der Waals surface area (Å²) in [7, 11) is -1.42. The van der Waals surface area contributed by atoms with Crippen molar-refractivity contribution in [2.75, 3.05) is 13.2 Å². The minimum Gasteiger partial charge on any atom is -0.403 e. The molecule has 0 spiro atoms. The van der Waals surface area contributed by atoms with Crippen LogP contribution in [0.4, 0.5) is 0 Å². The molecule has 4 aromatic rings. The van der Waals surface area contributed by atoms with Gasteiger partial charge in [0.05, 0.1) is 19.8 Å². The second kappa shape index (κ2) is 11.5. The summed E-state index contributed by atoms with van der Waals surface area (Å²) in [5.74, 6) is 0. The Hall–Kier alpha value is -2.54. The zero-order valence-electron chi connectivity index (χ0n) is 21.5. The molecule has 1 heterocycles.